The molecule has 0 bridgehead atoms. The molecule has 0 aliphatic carbocycles. The van der Waals surface area contributed by atoms with E-state index in [0.29, 0.717) is 6.54 Å². The Bertz CT molecular complexity index is 140. The maximum atomic E-state index is 10.2. The van der Waals surface area contributed by atoms with Gasteiger partial charge in [-0.25, -0.2) is 0 Å². The van der Waals surface area contributed by atoms with Crippen molar-refractivity contribution in [2.24, 2.45) is 0 Å². The number of rotatable bonds is 10. The fourth-order valence-corrected chi connectivity index (χ4v) is 1.12. The lowest BCUT2D eigenvalue weighted by Crippen LogP contribution is -2.29. The molecule has 0 aromatic carbocycles. The molecule has 0 saturated heterocycles. The molecule has 0 rings (SSSR count). The molecule has 0 atom stereocenters. The lowest BCUT2D eigenvalue weighted by atomic mass is 10.2. The van der Waals surface area contributed by atoms with Gasteiger partial charge >= 0.3 is 5.97 Å². The second-order valence-corrected chi connectivity index (χ2v) is 3.35. The summed E-state index contributed by atoms with van der Waals surface area (Å²) in [6, 6.07) is 0. The monoisotopic (exact) mass is 202 g/mol. The molecule has 3 N–H and O–H groups in total. The van der Waals surface area contributed by atoms with Crippen LogP contribution in [0.3, 0.4) is 0 Å². The normalized spacial score (nSPS) is 10.4. The summed E-state index contributed by atoms with van der Waals surface area (Å²) in [5, 5.41) is 14.7. The molecule has 0 radical (unpaired) electrons. The topological polar surface area (TPSA) is 61.4 Å². The van der Waals surface area contributed by atoms with Gasteiger partial charge in [0.05, 0.1) is 6.42 Å². The van der Waals surface area contributed by atoms with Crippen molar-refractivity contribution < 1.29 is 9.90 Å². The van der Waals surface area contributed by atoms with Gasteiger partial charge in [0, 0.05) is 19.6 Å². The standard InChI is InChI=1S/C10H22N2O2/c1-2-3-4-6-11-8-9-12-7-5-10(13)14/h11-12H,2-9H2,1H3,(H,13,14). The fraction of sp³-hybridized carbons (Fsp3) is 0.900. The van der Waals surface area contributed by atoms with Gasteiger partial charge < -0.3 is 15.7 Å². The zero-order chi connectivity index (χ0) is 10.6. The highest BCUT2D eigenvalue weighted by Gasteiger charge is 1.94. The highest BCUT2D eigenvalue weighted by atomic mass is 16.4. The molecule has 0 aliphatic heterocycles. The largest absolute Gasteiger partial charge is 0.481 e. The Kier molecular flexibility index (Phi) is 10.0. The molecule has 0 aliphatic rings. The molecule has 4 heteroatoms. The predicted octanol–water partition coefficient (Wildman–Crippen LogP) is 0.830. The molecule has 0 spiro atoms. The Hall–Kier alpha value is -0.610. The highest BCUT2D eigenvalue weighted by molar-refractivity contribution is 5.66. The van der Waals surface area contributed by atoms with E-state index >= 15 is 0 Å². The van der Waals surface area contributed by atoms with E-state index in [1.54, 1.807) is 0 Å². The Morgan fingerprint density at radius 2 is 1.71 bits per heavy atom. The second-order valence-electron chi connectivity index (χ2n) is 3.35. The van der Waals surface area contributed by atoms with Gasteiger partial charge in [0.25, 0.3) is 0 Å². The average molecular weight is 202 g/mol. The molecule has 0 fully saturated rings. The maximum Gasteiger partial charge on any atom is 0.304 e. The van der Waals surface area contributed by atoms with Crippen molar-refractivity contribution in [3.05, 3.63) is 0 Å². The zero-order valence-electron chi connectivity index (χ0n) is 9.01. The van der Waals surface area contributed by atoms with Crippen molar-refractivity contribution in [1.29, 1.82) is 0 Å². The summed E-state index contributed by atoms with van der Waals surface area (Å²) in [7, 11) is 0. The highest BCUT2D eigenvalue weighted by Crippen LogP contribution is 1.90. The Morgan fingerprint density at radius 3 is 2.29 bits per heavy atom. The second kappa shape index (κ2) is 10.5. The number of aliphatic carboxylic acids is 1. The van der Waals surface area contributed by atoms with Crippen molar-refractivity contribution in [3.63, 3.8) is 0 Å². The van der Waals surface area contributed by atoms with Crippen LogP contribution in [0.15, 0.2) is 0 Å². The van der Waals surface area contributed by atoms with Crippen LogP contribution in [0.4, 0.5) is 0 Å². The van der Waals surface area contributed by atoms with E-state index in [4.69, 9.17) is 5.11 Å². The molecular formula is C10H22N2O2. The number of unbranched alkanes of at least 4 members (excludes halogenated alkanes) is 2. The van der Waals surface area contributed by atoms with Gasteiger partial charge in [0.1, 0.15) is 0 Å². The molecule has 0 unspecified atom stereocenters. The van der Waals surface area contributed by atoms with E-state index in [2.05, 4.69) is 17.6 Å². The fourth-order valence-electron chi connectivity index (χ4n) is 1.12. The molecule has 14 heavy (non-hydrogen) atoms. The number of nitrogens with one attached hydrogen (secondary N) is 2. The summed E-state index contributed by atoms with van der Waals surface area (Å²) in [5.74, 6) is -0.742. The Morgan fingerprint density at radius 1 is 1.07 bits per heavy atom. The molecule has 4 nitrogen and oxygen atoms in total. The van der Waals surface area contributed by atoms with Crippen LogP contribution in [0.5, 0.6) is 0 Å². The van der Waals surface area contributed by atoms with Gasteiger partial charge in [-0.2, -0.15) is 0 Å². The van der Waals surface area contributed by atoms with Crippen LogP contribution < -0.4 is 10.6 Å². The number of hydrogen-bond donors (Lipinski definition) is 3. The number of carboxylic acids is 1. The minimum atomic E-state index is -0.742. The zero-order valence-corrected chi connectivity index (χ0v) is 9.01. The van der Waals surface area contributed by atoms with Crippen molar-refractivity contribution in [1.82, 2.24) is 10.6 Å². The van der Waals surface area contributed by atoms with Crippen molar-refractivity contribution in [2.75, 3.05) is 26.2 Å². The van der Waals surface area contributed by atoms with Crippen LogP contribution in [-0.2, 0) is 4.79 Å². The third-order valence-corrected chi connectivity index (χ3v) is 1.95. The average Bonchev–Trinajstić information content (AvgIpc) is 2.15. The third-order valence-electron chi connectivity index (χ3n) is 1.95. The summed E-state index contributed by atoms with van der Waals surface area (Å²) < 4.78 is 0. The minimum absolute atomic E-state index is 0.204. The first-order valence-electron chi connectivity index (χ1n) is 5.40. The molecule has 0 aromatic rings. The van der Waals surface area contributed by atoms with E-state index in [1.807, 2.05) is 0 Å². The number of carbonyl (C=O) groups is 1. The molecule has 0 saturated carbocycles. The predicted molar refractivity (Wildman–Crippen MR) is 57.5 cm³/mol. The quantitative estimate of drug-likeness (QED) is 0.459. The first-order valence-corrected chi connectivity index (χ1v) is 5.40. The van der Waals surface area contributed by atoms with E-state index in [0.717, 1.165) is 19.6 Å². The first-order chi connectivity index (χ1) is 6.77. The van der Waals surface area contributed by atoms with Crippen molar-refractivity contribution >= 4 is 5.97 Å². The van der Waals surface area contributed by atoms with E-state index in [9.17, 15) is 4.79 Å². The summed E-state index contributed by atoms with van der Waals surface area (Å²) in [6.45, 7) is 5.58. The summed E-state index contributed by atoms with van der Waals surface area (Å²) in [5.41, 5.74) is 0. The van der Waals surface area contributed by atoms with Gasteiger partial charge in [-0.05, 0) is 13.0 Å². The van der Waals surface area contributed by atoms with Crippen LogP contribution in [0.25, 0.3) is 0 Å². The van der Waals surface area contributed by atoms with Crippen LogP contribution in [-0.4, -0.2) is 37.3 Å². The van der Waals surface area contributed by atoms with Gasteiger partial charge in [-0.3, -0.25) is 4.79 Å². The van der Waals surface area contributed by atoms with E-state index < -0.39 is 5.97 Å². The summed E-state index contributed by atoms with van der Waals surface area (Å²) in [6.07, 6.45) is 3.96. The van der Waals surface area contributed by atoms with E-state index in [1.165, 1.54) is 19.3 Å². The van der Waals surface area contributed by atoms with Crippen LogP contribution >= 0.6 is 0 Å². The Balaban J connectivity index is 2.88. The smallest absolute Gasteiger partial charge is 0.304 e. The van der Waals surface area contributed by atoms with Gasteiger partial charge in [-0.15, -0.1) is 0 Å². The lowest BCUT2D eigenvalue weighted by molar-refractivity contribution is -0.136. The van der Waals surface area contributed by atoms with Crippen LogP contribution in [0.2, 0.25) is 0 Å². The maximum absolute atomic E-state index is 10.2. The summed E-state index contributed by atoms with van der Waals surface area (Å²) >= 11 is 0. The lowest BCUT2D eigenvalue weighted by Gasteiger charge is -2.04. The minimum Gasteiger partial charge on any atom is -0.481 e. The molecular weight excluding hydrogens is 180 g/mol. The number of hydrogen-bond acceptors (Lipinski definition) is 3. The molecule has 0 amide bonds. The molecule has 84 valence electrons. The molecule has 0 aromatic heterocycles. The van der Waals surface area contributed by atoms with Gasteiger partial charge in [-0.1, -0.05) is 19.8 Å². The van der Waals surface area contributed by atoms with Crippen LogP contribution in [0, 0.1) is 0 Å². The van der Waals surface area contributed by atoms with Gasteiger partial charge in [0.15, 0.2) is 0 Å². The van der Waals surface area contributed by atoms with Crippen molar-refractivity contribution in [3.8, 4) is 0 Å². The van der Waals surface area contributed by atoms with Crippen LogP contribution in [0.1, 0.15) is 32.6 Å². The Labute approximate surface area is 86.1 Å². The van der Waals surface area contributed by atoms with Crippen molar-refractivity contribution in [2.45, 2.75) is 32.6 Å². The third kappa shape index (κ3) is 11.4. The van der Waals surface area contributed by atoms with E-state index in [-0.39, 0.29) is 6.42 Å². The van der Waals surface area contributed by atoms with Gasteiger partial charge in [0.2, 0.25) is 0 Å². The SMILES string of the molecule is CCCCCNCCNCCC(=O)O. The number of carboxylic acid groups (broad SMARTS) is 1. The molecule has 0 heterocycles. The first kappa shape index (κ1) is 13.4. The summed E-state index contributed by atoms with van der Waals surface area (Å²) in [4.78, 5) is 10.2.